The third kappa shape index (κ3) is 4.66. The molecule has 4 rings (SSSR count). The Labute approximate surface area is 179 Å². The Morgan fingerprint density at radius 3 is 2.38 bits per heavy atom. The number of aromatic nitrogens is 3. The van der Waals surface area contributed by atoms with Gasteiger partial charge in [-0.25, -0.2) is 0 Å². The van der Waals surface area contributed by atoms with Crippen molar-refractivity contribution in [2.24, 2.45) is 0 Å². The van der Waals surface area contributed by atoms with Crippen LogP contribution in [-0.4, -0.2) is 26.9 Å². The number of halogens is 3. The van der Waals surface area contributed by atoms with Crippen LogP contribution in [0.25, 0.3) is 5.84 Å². The normalized spacial score (nSPS) is 11.7. The van der Waals surface area contributed by atoms with Crippen LogP contribution in [0.4, 0.5) is 18.9 Å². The van der Waals surface area contributed by atoms with Gasteiger partial charge in [0.25, 0.3) is 5.91 Å². The number of ether oxygens (including phenoxy) is 2. The van der Waals surface area contributed by atoms with E-state index in [1.54, 1.807) is 24.3 Å². The molecule has 0 radical (unpaired) electrons. The summed E-state index contributed by atoms with van der Waals surface area (Å²) in [6, 6.07) is 13.8. The number of oxazole rings is 1. The van der Waals surface area contributed by atoms with E-state index < -0.39 is 18.0 Å². The Kier molecular flexibility index (Phi) is 5.47. The quantitative estimate of drug-likeness (QED) is 0.427. The van der Waals surface area contributed by atoms with E-state index in [-0.39, 0.29) is 29.2 Å². The van der Waals surface area contributed by atoms with E-state index in [0.29, 0.717) is 11.4 Å². The summed E-state index contributed by atoms with van der Waals surface area (Å²) >= 11 is 0. The molecular formula is C21H17F3N4O4. The zero-order chi connectivity index (χ0) is 22.9. The molecule has 32 heavy (non-hydrogen) atoms. The highest BCUT2D eigenvalue weighted by Crippen LogP contribution is 2.28. The Balaban J connectivity index is 1.56. The first-order chi connectivity index (χ1) is 15.2. The number of carbonyl (C=O) groups is 1. The van der Waals surface area contributed by atoms with Crippen molar-refractivity contribution in [3.63, 3.8) is 0 Å². The summed E-state index contributed by atoms with van der Waals surface area (Å²) in [6.07, 6.45) is -4.80. The van der Waals surface area contributed by atoms with Crippen molar-refractivity contribution in [2.75, 3.05) is 5.32 Å². The van der Waals surface area contributed by atoms with E-state index in [4.69, 9.17) is 9.15 Å². The van der Waals surface area contributed by atoms with E-state index in [9.17, 15) is 18.0 Å². The summed E-state index contributed by atoms with van der Waals surface area (Å²) in [7, 11) is 0. The molecular weight excluding hydrogens is 429 g/mol. The fraction of sp³-hybridized carbons (Fsp3) is 0.190. The predicted octanol–water partition coefficient (Wildman–Crippen LogP) is 5.39. The fourth-order valence-electron chi connectivity index (χ4n) is 2.98. The molecule has 4 aromatic rings. The van der Waals surface area contributed by atoms with E-state index in [1.165, 1.54) is 16.6 Å². The van der Waals surface area contributed by atoms with Gasteiger partial charge in [-0.05, 0) is 42.3 Å². The van der Waals surface area contributed by atoms with Crippen molar-refractivity contribution in [1.82, 2.24) is 14.6 Å². The second kappa shape index (κ2) is 8.25. The number of hydrogen-bond acceptors (Lipinski definition) is 6. The first-order valence-electron chi connectivity index (χ1n) is 9.49. The maximum Gasteiger partial charge on any atom is 0.573 e. The van der Waals surface area contributed by atoms with Crippen molar-refractivity contribution in [2.45, 2.75) is 26.1 Å². The summed E-state index contributed by atoms with van der Waals surface area (Å²) in [6.45, 7) is 3.70. The van der Waals surface area contributed by atoms with Crippen LogP contribution in [0, 0.1) is 0 Å². The molecule has 0 unspecified atom stereocenters. The monoisotopic (exact) mass is 446 g/mol. The van der Waals surface area contributed by atoms with Gasteiger partial charge in [-0.3, -0.25) is 4.79 Å². The van der Waals surface area contributed by atoms with Gasteiger partial charge in [-0.2, -0.15) is 4.52 Å². The lowest BCUT2D eigenvalue weighted by Crippen LogP contribution is -2.17. The molecule has 0 aliphatic carbocycles. The lowest BCUT2D eigenvalue weighted by atomic mass is 10.1. The summed E-state index contributed by atoms with van der Waals surface area (Å²) in [4.78, 5) is 16.9. The van der Waals surface area contributed by atoms with Crippen LogP contribution in [0.2, 0.25) is 0 Å². The summed E-state index contributed by atoms with van der Waals surface area (Å²) in [5.41, 5.74) is 0.722. The number of rotatable bonds is 6. The van der Waals surface area contributed by atoms with E-state index in [0.717, 1.165) is 12.1 Å². The average molecular weight is 446 g/mol. The molecule has 0 saturated heterocycles. The van der Waals surface area contributed by atoms with Crippen LogP contribution in [-0.2, 0) is 0 Å². The fourth-order valence-corrected chi connectivity index (χ4v) is 2.98. The maximum absolute atomic E-state index is 12.8. The van der Waals surface area contributed by atoms with Gasteiger partial charge in [0.15, 0.2) is 0 Å². The highest BCUT2D eigenvalue weighted by atomic mass is 19.4. The van der Waals surface area contributed by atoms with Gasteiger partial charge >= 0.3 is 18.2 Å². The third-order valence-corrected chi connectivity index (χ3v) is 4.26. The Morgan fingerprint density at radius 1 is 1.06 bits per heavy atom. The first-order valence-corrected chi connectivity index (χ1v) is 9.49. The molecule has 8 nitrogen and oxygen atoms in total. The highest BCUT2D eigenvalue weighted by molar-refractivity contribution is 6.03. The van der Waals surface area contributed by atoms with Crippen LogP contribution in [0.3, 0.4) is 0 Å². The Hall–Kier alpha value is -4.02. The smallest absolute Gasteiger partial charge is 0.423 e. The van der Waals surface area contributed by atoms with Gasteiger partial charge in [-0.15, -0.1) is 23.3 Å². The van der Waals surface area contributed by atoms with Crippen LogP contribution < -0.4 is 14.8 Å². The van der Waals surface area contributed by atoms with Gasteiger partial charge in [0, 0.05) is 5.69 Å². The second-order valence-electron chi connectivity index (χ2n) is 7.00. The predicted molar refractivity (Wildman–Crippen MR) is 107 cm³/mol. The molecule has 2 aromatic carbocycles. The molecule has 2 heterocycles. The molecule has 0 spiro atoms. The molecule has 1 N–H and O–H groups in total. The first kappa shape index (κ1) is 21.2. The molecule has 0 aliphatic rings. The van der Waals surface area contributed by atoms with E-state index in [1.807, 2.05) is 19.9 Å². The van der Waals surface area contributed by atoms with Crippen LogP contribution in [0.5, 0.6) is 17.5 Å². The van der Waals surface area contributed by atoms with Gasteiger partial charge in [-0.1, -0.05) is 32.0 Å². The number of nitrogens with zero attached hydrogens (tertiary/aromatic N) is 3. The van der Waals surface area contributed by atoms with Crippen molar-refractivity contribution in [1.29, 1.82) is 0 Å². The number of nitrogens with one attached hydrogen (secondary N) is 1. The summed E-state index contributed by atoms with van der Waals surface area (Å²) in [5, 5.41) is 6.85. The molecule has 2 aromatic heterocycles. The SMILES string of the molecule is CC(C)c1c(C(=O)Nc2ccc(OC(F)(F)F)cc2)oc2nc(Oc3ccccc3)nn12. The van der Waals surface area contributed by atoms with Gasteiger partial charge in [0.2, 0.25) is 5.76 Å². The number of carbonyl (C=O) groups excluding carboxylic acids is 1. The van der Waals surface area contributed by atoms with Gasteiger partial charge < -0.3 is 19.2 Å². The minimum absolute atomic E-state index is 0.0168. The van der Waals surface area contributed by atoms with Crippen LogP contribution >= 0.6 is 0 Å². The Bertz CT molecular complexity index is 1230. The van der Waals surface area contributed by atoms with Crippen LogP contribution in [0.1, 0.15) is 36.0 Å². The largest absolute Gasteiger partial charge is 0.573 e. The van der Waals surface area contributed by atoms with Gasteiger partial charge in [0.1, 0.15) is 11.5 Å². The number of benzene rings is 2. The number of fused-ring (bicyclic) bond motifs is 1. The minimum Gasteiger partial charge on any atom is -0.423 e. The minimum atomic E-state index is -4.80. The third-order valence-electron chi connectivity index (χ3n) is 4.26. The number of anilines is 1. The maximum atomic E-state index is 12.8. The van der Waals surface area contributed by atoms with E-state index >= 15 is 0 Å². The van der Waals surface area contributed by atoms with Crippen molar-refractivity contribution >= 4 is 17.4 Å². The van der Waals surface area contributed by atoms with Crippen LogP contribution in [0.15, 0.2) is 59.0 Å². The highest BCUT2D eigenvalue weighted by Gasteiger charge is 2.31. The topological polar surface area (TPSA) is 90.9 Å². The molecule has 0 atom stereocenters. The number of amides is 1. The molecule has 11 heteroatoms. The van der Waals surface area contributed by atoms with Gasteiger partial charge in [0.05, 0.1) is 5.69 Å². The molecule has 0 bridgehead atoms. The summed E-state index contributed by atoms with van der Waals surface area (Å²) < 4.78 is 53.3. The molecule has 0 fully saturated rings. The molecule has 0 saturated carbocycles. The standard InChI is InChI=1S/C21H17F3N4O4/c1-12(2)16-17(18(29)25-13-8-10-15(11-9-13)32-21(22,23)24)31-20-26-19(27-28(16)20)30-14-6-4-3-5-7-14/h3-12H,1-2H3,(H,25,29). The summed E-state index contributed by atoms with van der Waals surface area (Å²) in [5.74, 6) is -0.565. The lowest BCUT2D eigenvalue weighted by molar-refractivity contribution is -0.274. The lowest BCUT2D eigenvalue weighted by Gasteiger charge is -2.10. The van der Waals surface area contributed by atoms with Crippen molar-refractivity contribution < 1.29 is 31.9 Å². The second-order valence-corrected chi connectivity index (χ2v) is 7.00. The molecule has 0 aliphatic heterocycles. The molecule has 166 valence electrons. The zero-order valence-electron chi connectivity index (χ0n) is 16.9. The Morgan fingerprint density at radius 2 is 1.75 bits per heavy atom. The van der Waals surface area contributed by atoms with E-state index in [2.05, 4.69) is 20.1 Å². The van der Waals surface area contributed by atoms with Crippen molar-refractivity contribution in [3.05, 3.63) is 66.1 Å². The number of alkyl halides is 3. The zero-order valence-corrected chi connectivity index (χ0v) is 16.9. The number of hydrogen-bond donors (Lipinski definition) is 1. The number of para-hydroxylation sites is 1. The average Bonchev–Trinajstić information content (AvgIpc) is 3.26. The van der Waals surface area contributed by atoms with Crippen molar-refractivity contribution in [3.8, 4) is 17.5 Å². The molecule has 1 amide bonds.